The smallest absolute Gasteiger partial charge is 0.189 e. The second kappa shape index (κ2) is 6.04. The van der Waals surface area contributed by atoms with Crippen LogP contribution in [0.5, 0.6) is 0 Å². The van der Waals surface area contributed by atoms with Crippen molar-refractivity contribution in [3.63, 3.8) is 0 Å². The Balaban J connectivity index is 0.00000162. The Labute approximate surface area is 112 Å². The molecule has 98 valence electrons. The van der Waals surface area contributed by atoms with E-state index in [0.29, 0.717) is 5.76 Å². The van der Waals surface area contributed by atoms with E-state index in [1.165, 1.54) is 6.26 Å². The molecule has 6 heteroatoms. The van der Waals surface area contributed by atoms with Crippen molar-refractivity contribution in [1.29, 1.82) is 0 Å². The number of halogens is 1. The zero-order chi connectivity index (χ0) is 12.3. The predicted octanol–water partition coefficient (Wildman–Crippen LogP) is 2.18. The molecule has 0 aliphatic heterocycles. The highest BCUT2D eigenvalue weighted by molar-refractivity contribution is 7.91. The second-order valence-electron chi connectivity index (χ2n) is 3.60. The Kier molecular flexibility index (Phi) is 4.95. The highest BCUT2D eigenvalue weighted by Crippen LogP contribution is 2.27. The van der Waals surface area contributed by atoms with E-state index in [1.54, 1.807) is 42.5 Å². The van der Waals surface area contributed by atoms with Gasteiger partial charge >= 0.3 is 0 Å². The first kappa shape index (κ1) is 14.8. The number of nitrogens with two attached hydrogens (primary N) is 1. The van der Waals surface area contributed by atoms with Gasteiger partial charge in [-0.3, -0.25) is 0 Å². The summed E-state index contributed by atoms with van der Waals surface area (Å²) in [5.74, 6) is 0.372. The van der Waals surface area contributed by atoms with Crippen LogP contribution in [0.25, 0.3) is 0 Å². The van der Waals surface area contributed by atoms with Gasteiger partial charge in [0.15, 0.2) is 9.84 Å². The van der Waals surface area contributed by atoms with Crippen molar-refractivity contribution < 1.29 is 12.8 Å². The van der Waals surface area contributed by atoms with Crippen molar-refractivity contribution in [2.45, 2.75) is 10.1 Å². The van der Waals surface area contributed by atoms with Gasteiger partial charge in [-0.15, -0.1) is 12.4 Å². The number of furan rings is 1. The maximum Gasteiger partial charge on any atom is 0.189 e. The molecule has 1 unspecified atom stereocenters. The largest absolute Gasteiger partial charge is 0.468 e. The van der Waals surface area contributed by atoms with Gasteiger partial charge < -0.3 is 10.2 Å². The molecule has 1 aromatic heterocycles. The normalized spacial score (nSPS) is 12.7. The summed E-state index contributed by atoms with van der Waals surface area (Å²) in [6, 6.07) is 11.5. The number of benzene rings is 1. The van der Waals surface area contributed by atoms with Crippen LogP contribution in [-0.2, 0) is 9.84 Å². The number of rotatable bonds is 4. The van der Waals surface area contributed by atoms with Crippen LogP contribution in [0, 0.1) is 0 Å². The van der Waals surface area contributed by atoms with Crippen LogP contribution >= 0.6 is 12.4 Å². The van der Waals surface area contributed by atoms with E-state index in [-0.39, 0.29) is 23.8 Å². The van der Waals surface area contributed by atoms with Crippen molar-refractivity contribution in [2.24, 2.45) is 5.73 Å². The molecule has 2 aromatic rings. The Bertz CT molecular complexity index is 567. The first-order chi connectivity index (χ1) is 8.16. The van der Waals surface area contributed by atoms with E-state index in [2.05, 4.69) is 0 Å². The fourth-order valence-corrected chi connectivity index (χ4v) is 3.20. The monoisotopic (exact) mass is 287 g/mol. The molecule has 1 atom stereocenters. The van der Waals surface area contributed by atoms with Crippen LogP contribution in [0.3, 0.4) is 0 Å². The standard InChI is InChI=1S/C12H13NO3S.ClH/c13-9-12(11-7-4-8-16-11)17(14,15)10-5-2-1-3-6-10;/h1-8,12H,9,13H2;1H. The molecule has 18 heavy (non-hydrogen) atoms. The molecule has 0 fully saturated rings. The molecular formula is C12H14ClNO3S. The van der Waals surface area contributed by atoms with Crippen molar-refractivity contribution in [1.82, 2.24) is 0 Å². The third-order valence-corrected chi connectivity index (χ3v) is 4.62. The Hall–Kier alpha value is -1.30. The zero-order valence-corrected chi connectivity index (χ0v) is 11.2. The molecule has 0 amide bonds. The van der Waals surface area contributed by atoms with Gasteiger partial charge in [0.2, 0.25) is 0 Å². The summed E-state index contributed by atoms with van der Waals surface area (Å²) in [7, 11) is -3.49. The van der Waals surface area contributed by atoms with E-state index in [1.807, 2.05) is 0 Å². The number of sulfone groups is 1. The van der Waals surface area contributed by atoms with Gasteiger partial charge in [-0.1, -0.05) is 18.2 Å². The molecule has 0 aliphatic carbocycles. The summed E-state index contributed by atoms with van der Waals surface area (Å²) in [6.45, 7) is -0.00919. The first-order valence-corrected chi connectivity index (χ1v) is 6.73. The van der Waals surface area contributed by atoms with Crippen molar-refractivity contribution in [3.05, 3.63) is 54.5 Å². The number of hydrogen-bond donors (Lipinski definition) is 1. The zero-order valence-electron chi connectivity index (χ0n) is 9.52. The minimum atomic E-state index is -3.49. The van der Waals surface area contributed by atoms with Crippen molar-refractivity contribution in [2.75, 3.05) is 6.54 Å². The van der Waals surface area contributed by atoms with Crippen LogP contribution in [0.15, 0.2) is 58.0 Å². The van der Waals surface area contributed by atoms with Gasteiger partial charge in [0, 0.05) is 6.54 Å². The topological polar surface area (TPSA) is 73.3 Å². The minimum Gasteiger partial charge on any atom is -0.468 e. The summed E-state index contributed by atoms with van der Waals surface area (Å²) >= 11 is 0. The Morgan fingerprint density at radius 3 is 2.28 bits per heavy atom. The third-order valence-electron chi connectivity index (χ3n) is 2.52. The maximum absolute atomic E-state index is 12.3. The third kappa shape index (κ3) is 2.75. The van der Waals surface area contributed by atoms with Crippen molar-refractivity contribution in [3.8, 4) is 0 Å². The maximum atomic E-state index is 12.3. The van der Waals surface area contributed by atoms with Crippen LogP contribution in [0.4, 0.5) is 0 Å². The fourth-order valence-electron chi connectivity index (χ4n) is 1.64. The molecule has 0 saturated heterocycles. The summed E-state index contributed by atoms with van der Waals surface area (Å²) < 4.78 is 29.8. The molecule has 0 aliphatic rings. The second-order valence-corrected chi connectivity index (χ2v) is 5.73. The lowest BCUT2D eigenvalue weighted by Gasteiger charge is -2.13. The summed E-state index contributed by atoms with van der Waals surface area (Å²) in [6.07, 6.45) is 1.44. The number of hydrogen-bond acceptors (Lipinski definition) is 4. The van der Waals surface area contributed by atoms with E-state index in [9.17, 15) is 8.42 Å². The average molecular weight is 288 g/mol. The molecule has 0 spiro atoms. The van der Waals surface area contributed by atoms with Gasteiger partial charge in [0.1, 0.15) is 11.0 Å². The van der Waals surface area contributed by atoms with Gasteiger partial charge in [-0.2, -0.15) is 0 Å². The van der Waals surface area contributed by atoms with Gasteiger partial charge in [0.05, 0.1) is 11.2 Å². The summed E-state index contributed by atoms with van der Waals surface area (Å²) in [4.78, 5) is 0.256. The highest BCUT2D eigenvalue weighted by atomic mass is 35.5. The van der Waals surface area contributed by atoms with Crippen LogP contribution in [-0.4, -0.2) is 15.0 Å². The molecule has 2 rings (SSSR count). The molecule has 0 radical (unpaired) electrons. The molecule has 0 saturated carbocycles. The van der Waals surface area contributed by atoms with Crippen LogP contribution in [0.1, 0.15) is 11.0 Å². The van der Waals surface area contributed by atoms with Crippen LogP contribution in [0.2, 0.25) is 0 Å². The fraction of sp³-hybridized carbons (Fsp3) is 0.167. The average Bonchev–Trinajstić information content (AvgIpc) is 2.84. The van der Waals surface area contributed by atoms with Crippen LogP contribution < -0.4 is 5.73 Å². The lowest BCUT2D eigenvalue weighted by Crippen LogP contribution is -2.21. The first-order valence-electron chi connectivity index (χ1n) is 5.18. The van der Waals surface area contributed by atoms with E-state index in [0.717, 1.165) is 0 Å². The molecule has 1 aromatic carbocycles. The molecule has 2 N–H and O–H groups in total. The van der Waals surface area contributed by atoms with E-state index in [4.69, 9.17) is 10.2 Å². The van der Waals surface area contributed by atoms with Gasteiger partial charge in [-0.25, -0.2) is 8.42 Å². The lowest BCUT2D eigenvalue weighted by atomic mass is 10.3. The van der Waals surface area contributed by atoms with Gasteiger partial charge in [-0.05, 0) is 24.3 Å². The molecule has 0 bridgehead atoms. The van der Waals surface area contributed by atoms with E-state index < -0.39 is 15.1 Å². The molecular weight excluding hydrogens is 274 g/mol. The molecule has 1 heterocycles. The Morgan fingerprint density at radius 2 is 1.78 bits per heavy atom. The predicted molar refractivity (Wildman–Crippen MR) is 71.4 cm³/mol. The SMILES string of the molecule is Cl.NCC(c1ccco1)S(=O)(=O)c1ccccc1. The minimum absolute atomic E-state index is 0. The molecule has 4 nitrogen and oxygen atoms in total. The summed E-state index contributed by atoms with van der Waals surface area (Å²) in [5.41, 5.74) is 5.55. The summed E-state index contributed by atoms with van der Waals surface area (Å²) in [5, 5.41) is -0.833. The Morgan fingerprint density at radius 1 is 1.11 bits per heavy atom. The van der Waals surface area contributed by atoms with Gasteiger partial charge in [0.25, 0.3) is 0 Å². The van der Waals surface area contributed by atoms with Crippen molar-refractivity contribution >= 4 is 22.2 Å². The van der Waals surface area contributed by atoms with E-state index >= 15 is 0 Å². The lowest BCUT2D eigenvalue weighted by molar-refractivity contribution is 0.492. The quantitative estimate of drug-likeness (QED) is 0.935. The highest BCUT2D eigenvalue weighted by Gasteiger charge is 2.29.